The van der Waals surface area contributed by atoms with Crippen molar-refractivity contribution in [3.63, 3.8) is 0 Å². The fourth-order valence-electron chi connectivity index (χ4n) is 1.67. The van der Waals surface area contributed by atoms with Gasteiger partial charge in [-0.3, -0.25) is 0 Å². The van der Waals surface area contributed by atoms with E-state index < -0.39 is 5.60 Å². The lowest BCUT2D eigenvalue weighted by Gasteiger charge is -2.27. The van der Waals surface area contributed by atoms with Crippen LogP contribution in [0.5, 0.6) is 0 Å². The number of alkyl halides is 1. The first-order chi connectivity index (χ1) is 6.87. The van der Waals surface area contributed by atoms with Crippen LogP contribution in [0.25, 0.3) is 0 Å². The van der Waals surface area contributed by atoms with Crippen molar-refractivity contribution in [2.45, 2.75) is 63.5 Å². The summed E-state index contributed by atoms with van der Waals surface area (Å²) in [5.41, 5.74) is -0.423. The molecule has 1 aliphatic rings. The number of rotatable bonds is 1. The van der Waals surface area contributed by atoms with Gasteiger partial charge >= 0.3 is 6.09 Å². The van der Waals surface area contributed by atoms with Gasteiger partial charge in [-0.25, -0.2) is 4.79 Å². The van der Waals surface area contributed by atoms with E-state index in [-0.39, 0.29) is 17.5 Å². The van der Waals surface area contributed by atoms with Gasteiger partial charge in [0.1, 0.15) is 5.60 Å². The van der Waals surface area contributed by atoms with E-state index in [1.54, 1.807) is 0 Å². The molecule has 1 saturated carbocycles. The Balaban J connectivity index is 2.27. The molecule has 0 atom stereocenters. The lowest BCUT2D eigenvalue weighted by molar-refractivity contribution is 0.0493. The number of hydrogen-bond acceptors (Lipinski definition) is 2. The highest BCUT2D eigenvalue weighted by Gasteiger charge is 2.23. The topological polar surface area (TPSA) is 38.3 Å². The normalized spacial score (nSPS) is 27.2. The highest BCUT2D eigenvalue weighted by atomic mass is 35.5. The molecule has 0 heterocycles. The molecule has 0 spiro atoms. The second-order valence-electron chi connectivity index (χ2n) is 5.10. The molecule has 15 heavy (non-hydrogen) atoms. The SMILES string of the molecule is CC(C)(C)OC(=O)NC1CCC(Cl)CC1. The average Bonchev–Trinajstić information content (AvgIpc) is 2.05. The molecule has 0 aromatic rings. The van der Waals surface area contributed by atoms with Gasteiger partial charge in [0.05, 0.1) is 0 Å². The van der Waals surface area contributed by atoms with E-state index in [1.807, 2.05) is 20.8 Å². The number of alkyl carbamates (subject to hydrolysis) is 1. The predicted molar refractivity (Wildman–Crippen MR) is 61.3 cm³/mol. The Morgan fingerprint density at radius 3 is 2.27 bits per heavy atom. The highest BCUT2D eigenvalue weighted by Crippen LogP contribution is 2.23. The smallest absolute Gasteiger partial charge is 0.407 e. The van der Waals surface area contributed by atoms with Crippen LogP contribution in [0.1, 0.15) is 46.5 Å². The van der Waals surface area contributed by atoms with E-state index in [2.05, 4.69) is 5.32 Å². The first-order valence-corrected chi connectivity index (χ1v) is 5.94. The quantitative estimate of drug-likeness (QED) is 0.707. The largest absolute Gasteiger partial charge is 0.444 e. The summed E-state index contributed by atoms with van der Waals surface area (Å²) in [6, 6.07) is 0.231. The van der Waals surface area contributed by atoms with E-state index >= 15 is 0 Å². The molecule has 1 rings (SSSR count). The third-order valence-electron chi connectivity index (χ3n) is 2.38. The second kappa shape index (κ2) is 5.06. The van der Waals surface area contributed by atoms with Crippen molar-refractivity contribution in [3.05, 3.63) is 0 Å². The number of carbonyl (C=O) groups is 1. The molecule has 0 aliphatic heterocycles. The van der Waals surface area contributed by atoms with Crippen molar-refractivity contribution in [2.75, 3.05) is 0 Å². The molecule has 3 nitrogen and oxygen atoms in total. The Bertz CT molecular complexity index is 217. The molecule has 0 radical (unpaired) electrons. The number of halogens is 1. The Labute approximate surface area is 96.5 Å². The van der Waals surface area contributed by atoms with Crippen LogP contribution in [-0.4, -0.2) is 23.1 Å². The van der Waals surface area contributed by atoms with Crippen LogP contribution in [0.4, 0.5) is 4.79 Å². The molecule has 88 valence electrons. The average molecular weight is 234 g/mol. The molecule has 1 fully saturated rings. The first-order valence-electron chi connectivity index (χ1n) is 5.50. The monoisotopic (exact) mass is 233 g/mol. The molecule has 0 unspecified atom stereocenters. The Morgan fingerprint density at radius 1 is 1.27 bits per heavy atom. The highest BCUT2D eigenvalue weighted by molar-refractivity contribution is 6.20. The van der Waals surface area contributed by atoms with Crippen LogP contribution in [0.2, 0.25) is 0 Å². The molecule has 1 amide bonds. The zero-order chi connectivity index (χ0) is 11.5. The van der Waals surface area contributed by atoms with E-state index in [0.717, 1.165) is 25.7 Å². The summed E-state index contributed by atoms with van der Waals surface area (Å²) in [6.07, 6.45) is 3.53. The summed E-state index contributed by atoms with van der Waals surface area (Å²) in [4.78, 5) is 11.4. The molecule has 0 saturated heterocycles. The van der Waals surface area contributed by atoms with Gasteiger partial charge in [0, 0.05) is 11.4 Å². The molecular formula is C11H20ClNO2. The lowest BCUT2D eigenvalue weighted by Crippen LogP contribution is -2.41. The Morgan fingerprint density at radius 2 is 1.80 bits per heavy atom. The number of amides is 1. The van der Waals surface area contributed by atoms with Crippen molar-refractivity contribution < 1.29 is 9.53 Å². The third-order valence-corrected chi connectivity index (χ3v) is 2.81. The number of ether oxygens (including phenoxy) is 1. The maximum Gasteiger partial charge on any atom is 0.407 e. The van der Waals surface area contributed by atoms with Gasteiger partial charge in [-0.1, -0.05) is 0 Å². The van der Waals surface area contributed by atoms with Crippen LogP contribution in [0.15, 0.2) is 0 Å². The molecule has 0 bridgehead atoms. The van der Waals surface area contributed by atoms with Crippen LogP contribution in [-0.2, 0) is 4.74 Å². The fraction of sp³-hybridized carbons (Fsp3) is 0.909. The minimum absolute atomic E-state index is 0.231. The van der Waals surface area contributed by atoms with Gasteiger partial charge in [-0.05, 0) is 46.5 Å². The summed E-state index contributed by atoms with van der Waals surface area (Å²) < 4.78 is 5.18. The van der Waals surface area contributed by atoms with Gasteiger partial charge in [-0.2, -0.15) is 0 Å². The molecule has 1 N–H and O–H groups in total. The van der Waals surface area contributed by atoms with Crippen molar-refractivity contribution in [3.8, 4) is 0 Å². The molecular weight excluding hydrogens is 214 g/mol. The Hall–Kier alpha value is -0.440. The minimum Gasteiger partial charge on any atom is -0.444 e. The standard InChI is InChI=1S/C11H20ClNO2/c1-11(2,3)15-10(14)13-9-6-4-8(12)5-7-9/h8-9H,4-7H2,1-3H3,(H,13,14). The second-order valence-corrected chi connectivity index (χ2v) is 5.71. The number of carbonyl (C=O) groups excluding carboxylic acids is 1. The maximum atomic E-state index is 11.4. The van der Waals surface area contributed by atoms with E-state index in [4.69, 9.17) is 16.3 Å². The summed E-state index contributed by atoms with van der Waals surface area (Å²) in [7, 11) is 0. The van der Waals surface area contributed by atoms with E-state index in [1.165, 1.54) is 0 Å². The van der Waals surface area contributed by atoms with Gasteiger partial charge in [0.2, 0.25) is 0 Å². The number of nitrogens with one attached hydrogen (secondary N) is 1. The predicted octanol–water partition coefficient (Wildman–Crippen LogP) is 3.06. The summed E-state index contributed by atoms with van der Waals surface area (Å²) in [6.45, 7) is 5.59. The van der Waals surface area contributed by atoms with Gasteiger partial charge < -0.3 is 10.1 Å². The van der Waals surface area contributed by atoms with Crippen LogP contribution < -0.4 is 5.32 Å². The molecule has 4 heteroatoms. The summed E-state index contributed by atoms with van der Waals surface area (Å²) in [5.74, 6) is 0. The summed E-state index contributed by atoms with van der Waals surface area (Å²) >= 11 is 5.98. The number of hydrogen-bond donors (Lipinski definition) is 1. The van der Waals surface area contributed by atoms with Gasteiger partial charge in [-0.15, -0.1) is 11.6 Å². The first kappa shape index (κ1) is 12.6. The van der Waals surface area contributed by atoms with E-state index in [9.17, 15) is 4.79 Å². The van der Waals surface area contributed by atoms with Crippen LogP contribution in [0.3, 0.4) is 0 Å². The fourth-order valence-corrected chi connectivity index (χ4v) is 1.92. The minimum atomic E-state index is -0.423. The lowest BCUT2D eigenvalue weighted by atomic mass is 9.95. The van der Waals surface area contributed by atoms with Gasteiger partial charge in [0.25, 0.3) is 0 Å². The molecule has 0 aromatic heterocycles. The van der Waals surface area contributed by atoms with Crippen LogP contribution >= 0.6 is 11.6 Å². The van der Waals surface area contributed by atoms with Crippen molar-refractivity contribution in [1.29, 1.82) is 0 Å². The van der Waals surface area contributed by atoms with Crippen molar-refractivity contribution in [1.82, 2.24) is 5.32 Å². The maximum absolute atomic E-state index is 11.4. The van der Waals surface area contributed by atoms with Gasteiger partial charge in [0.15, 0.2) is 0 Å². The van der Waals surface area contributed by atoms with Crippen LogP contribution in [0, 0.1) is 0 Å². The van der Waals surface area contributed by atoms with Crippen molar-refractivity contribution >= 4 is 17.7 Å². The zero-order valence-electron chi connectivity index (χ0n) is 9.68. The van der Waals surface area contributed by atoms with Crippen molar-refractivity contribution in [2.24, 2.45) is 0 Å². The molecule has 0 aromatic carbocycles. The molecule has 1 aliphatic carbocycles. The van der Waals surface area contributed by atoms with E-state index in [0.29, 0.717) is 0 Å². The zero-order valence-corrected chi connectivity index (χ0v) is 10.4. The Kier molecular flexibility index (Phi) is 4.26. The summed E-state index contributed by atoms with van der Waals surface area (Å²) in [5, 5.41) is 3.16. The third kappa shape index (κ3) is 5.26.